The van der Waals surface area contributed by atoms with Gasteiger partial charge in [-0.1, -0.05) is 32.0 Å². The van der Waals surface area contributed by atoms with Gasteiger partial charge >= 0.3 is 0 Å². The Morgan fingerprint density at radius 2 is 1.62 bits per heavy atom. The second-order valence-electron chi connectivity index (χ2n) is 6.65. The van der Waals surface area contributed by atoms with Crippen LogP contribution in [-0.4, -0.2) is 26.4 Å². The predicted octanol–water partition coefficient (Wildman–Crippen LogP) is 4.48. The van der Waals surface area contributed by atoms with Crippen LogP contribution in [0, 0.1) is 6.92 Å². The van der Waals surface area contributed by atoms with Crippen molar-refractivity contribution in [2.75, 3.05) is 26.4 Å². The standard InChI is InChI=1S/C22H31NO3/c1-5-24-22-15-18(10-11-23)7-9-20(22)25-12-13-26-21-14-17(4)6-8-19(21)16(2)3/h6-9,14-16H,5,10-13,23H2,1-4H3. The summed E-state index contributed by atoms with van der Waals surface area (Å²) in [5.41, 5.74) is 9.20. The van der Waals surface area contributed by atoms with E-state index in [2.05, 4.69) is 39.0 Å². The molecule has 0 atom stereocenters. The van der Waals surface area contributed by atoms with Gasteiger partial charge in [-0.2, -0.15) is 0 Å². The Bertz CT molecular complexity index is 698. The molecule has 0 aliphatic carbocycles. The lowest BCUT2D eigenvalue weighted by Gasteiger charge is -2.16. The topological polar surface area (TPSA) is 53.7 Å². The Balaban J connectivity index is 1.97. The van der Waals surface area contributed by atoms with Crippen molar-refractivity contribution < 1.29 is 14.2 Å². The van der Waals surface area contributed by atoms with Crippen molar-refractivity contribution in [1.82, 2.24) is 0 Å². The van der Waals surface area contributed by atoms with Gasteiger partial charge in [0.1, 0.15) is 19.0 Å². The average molecular weight is 357 g/mol. The molecule has 0 fully saturated rings. The first kappa shape index (κ1) is 20.1. The van der Waals surface area contributed by atoms with Crippen molar-refractivity contribution in [3.05, 3.63) is 53.1 Å². The fourth-order valence-electron chi connectivity index (χ4n) is 2.81. The van der Waals surface area contributed by atoms with Crippen molar-refractivity contribution >= 4 is 0 Å². The first-order chi connectivity index (χ1) is 12.5. The van der Waals surface area contributed by atoms with Crippen molar-refractivity contribution in [2.45, 2.75) is 40.0 Å². The van der Waals surface area contributed by atoms with Crippen LogP contribution < -0.4 is 19.9 Å². The summed E-state index contributed by atoms with van der Waals surface area (Å²) in [6.45, 7) is 10.5. The number of ether oxygens (including phenoxy) is 3. The Kier molecular flexibility index (Phi) is 7.79. The summed E-state index contributed by atoms with van der Waals surface area (Å²) in [5.74, 6) is 2.86. The first-order valence-corrected chi connectivity index (χ1v) is 9.37. The van der Waals surface area contributed by atoms with Crippen LogP contribution in [0.3, 0.4) is 0 Å². The van der Waals surface area contributed by atoms with E-state index in [0.29, 0.717) is 32.3 Å². The van der Waals surface area contributed by atoms with E-state index in [1.807, 2.05) is 25.1 Å². The molecule has 0 heterocycles. The van der Waals surface area contributed by atoms with E-state index in [0.717, 1.165) is 29.2 Å². The highest BCUT2D eigenvalue weighted by Crippen LogP contribution is 2.29. The first-order valence-electron chi connectivity index (χ1n) is 9.37. The minimum absolute atomic E-state index is 0.422. The van der Waals surface area contributed by atoms with Crippen LogP contribution in [0.4, 0.5) is 0 Å². The zero-order valence-corrected chi connectivity index (χ0v) is 16.4. The predicted molar refractivity (Wildman–Crippen MR) is 107 cm³/mol. The normalized spacial score (nSPS) is 10.8. The summed E-state index contributed by atoms with van der Waals surface area (Å²) in [5, 5.41) is 0. The minimum atomic E-state index is 0.422. The van der Waals surface area contributed by atoms with Crippen LogP contribution in [0.25, 0.3) is 0 Å². The molecule has 26 heavy (non-hydrogen) atoms. The summed E-state index contributed by atoms with van der Waals surface area (Å²) in [6, 6.07) is 12.3. The van der Waals surface area contributed by atoms with Gasteiger partial charge in [-0.15, -0.1) is 0 Å². The molecule has 0 unspecified atom stereocenters. The van der Waals surface area contributed by atoms with Crippen molar-refractivity contribution in [1.29, 1.82) is 0 Å². The number of hydrogen-bond donors (Lipinski definition) is 1. The number of aryl methyl sites for hydroxylation is 1. The van der Waals surface area contributed by atoms with Gasteiger partial charge in [0.2, 0.25) is 0 Å². The van der Waals surface area contributed by atoms with Crippen LogP contribution in [0.5, 0.6) is 17.2 Å². The second kappa shape index (κ2) is 10.1. The molecule has 0 radical (unpaired) electrons. The molecule has 0 saturated heterocycles. The van der Waals surface area contributed by atoms with Crippen molar-refractivity contribution in [3.8, 4) is 17.2 Å². The zero-order valence-electron chi connectivity index (χ0n) is 16.4. The molecule has 4 nitrogen and oxygen atoms in total. The molecule has 4 heteroatoms. The smallest absolute Gasteiger partial charge is 0.161 e. The highest BCUT2D eigenvalue weighted by atomic mass is 16.5. The summed E-state index contributed by atoms with van der Waals surface area (Å²) in [4.78, 5) is 0. The number of hydrogen-bond acceptors (Lipinski definition) is 4. The maximum atomic E-state index is 5.98. The second-order valence-corrected chi connectivity index (χ2v) is 6.65. The average Bonchev–Trinajstić information content (AvgIpc) is 2.60. The molecule has 0 bridgehead atoms. The molecule has 0 aromatic heterocycles. The van der Waals surface area contributed by atoms with Crippen LogP contribution in [0.15, 0.2) is 36.4 Å². The monoisotopic (exact) mass is 357 g/mol. The van der Waals surface area contributed by atoms with Gasteiger partial charge in [-0.05, 0) is 67.6 Å². The lowest BCUT2D eigenvalue weighted by Crippen LogP contribution is -2.11. The van der Waals surface area contributed by atoms with Crippen LogP contribution >= 0.6 is 0 Å². The molecule has 0 aliphatic heterocycles. The summed E-state index contributed by atoms with van der Waals surface area (Å²) in [6.07, 6.45) is 0.828. The molecule has 2 rings (SSSR count). The summed E-state index contributed by atoms with van der Waals surface area (Å²) < 4.78 is 17.6. The quantitative estimate of drug-likeness (QED) is 0.637. The van der Waals surface area contributed by atoms with E-state index in [9.17, 15) is 0 Å². The molecule has 2 aromatic carbocycles. The van der Waals surface area contributed by atoms with Gasteiger partial charge in [0, 0.05) is 0 Å². The van der Waals surface area contributed by atoms with Gasteiger partial charge in [0.15, 0.2) is 11.5 Å². The highest BCUT2D eigenvalue weighted by Gasteiger charge is 2.09. The highest BCUT2D eigenvalue weighted by molar-refractivity contribution is 5.43. The third-order valence-corrected chi connectivity index (χ3v) is 4.13. The maximum Gasteiger partial charge on any atom is 0.161 e. The van der Waals surface area contributed by atoms with E-state index in [4.69, 9.17) is 19.9 Å². The largest absolute Gasteiger partial charge is 0.490 e. The summed E-state index contributed by atoms with van der Waals surface area (Å²) >= 11 is 0. The van der Waals surface area contributed by atoms with Gasteiger partial charge in [0.25, 0.3) is 0 Å². The molecule has 0 aliphatic rings. The Morgan fingerprint density at radius 1 is 0.885 bits per heavy atom. The Hall–Kier alpha value is -2.20. The minimum Gasteiger partial charge on any atom is -0.490 e. The molecule has 2 aromatic rings. The number of nitrogens with two attached hydrogens (primary N) is 1. The fourth-order valence-corrected chi connectivity index (χ4v) is 2.81. The van der Waals surface area contributed by atoms with E-state index in [1.54, 1.807) is 0 Å². The Morgan fingerprint density at radius 3 is 2.27 bits per heavy atom. The molecule has 142 valence electrons. The SMILES string of the molecule is CCOc1cc(CCN)ccc1OCCOc1cc(C)ccc1C(C)C. The van der Waals surface area contributed by atoms with Gasteiger partial charge in [0.05, 0.1) is 6.61 Å². The van der Waals surface area contributed by atoms with Crippen LogP contribution in [0.2, 0.25) is 0 Å². The zero-order chi connectivity index (χ0) is 18.9. The third kappa shape index (κ3) is 5.67. The lowest BCUT2D eigenvalue weighted by atomic mass is 10.0. The number of benzene rings is 2. The summed E-state index contributed by atoms with van der Waals surface area (Å²) in [7, 11) is 0. The fraction of sp³-hybridized carbons (Fsp3) is 0.455. The lowest BCUT2D eigenvalue weighted by molar-refractivity contribution is 0.207. The third-order valence-electron chi connectivity index (χ3n) is 4.13. The van der Waals surface area contributed by atoms with E-state index < -0.39 is 0 Å². The van der Waals surface area contributed by atoms with Crippen molar-refractivity contribution in [2.24, 2.45) is 5.73 Å². The van der Waals surface area contributed by atoms with E-state index in [-0.39, 0.29) is 0 Å². The number of rotatable bonds is 10. The molecular weight excluding hydrogens is 326 g/mol. The maximum absolute atomic E-state index is 5.98. The van der Waals surface area contributed by atoms with E-state index in [1.165, 1.54) is 11.1 Å². The van der Waals surface area contributed by atoms with Crippen LogP contribution in [0.1, 0.15) is 43.4 Å². The van der Waals surface area contributed by atoms with Gasteiger partial charge in [-0.25, -0.2) is 0 Å². The van der Waals surface area contributed by atoms with Gasteiger partial charge < -0.3 is 19.9 Å². The molecule has 0 spiro atoms. The molecule has 2 N–H and O–H groups in total. The Labute approximate surface area is 157 Å². The van der Waals surface area contributed by atoms with Crippen LogP contribution in [-0.2, 0) is 6.42 Å². The van der Waals surface area contributed by atoms with Crippen molar-refractivity contribution in [3.63, 3.8) is 0 Å². The molecule has 0 amide bonds. The molecule has 0 saturated carbocycles. The van der Waals surface area contributed by atoms with Gasteiger partial charge in [-0.3, -0.25) is 0 Å². The molecular formula is C22H31NO3. The van der Waals surface area contributed by atoms with E-state index >= 15 is 0 Å².